The van der Waals surface area contributed by atoms with Crippen LogP contribution < -0.4 is 5.32 Å². The van der Waals surface area contributed by atoms with Crippen molar-refractivity contribution >= 4 is 12.1 Å². The molecule has 122 valence electrons. The normalized spacial score (nSPS) is 31.8. The Bertz CT molecular complexity index is 473. The van der Waals surface area contributed by atoms with E-state index < -0.39 is 6.09 Å². The van der Waals surface area contributed by atoms with E-state index in [1.54, 1.807) is 18.9 Å². The summed E-state index contributed by atoms with van der Waals surface area (Å²) in [5.74, 6) is 2.49. The predicted molar refractivity (Wildman–Crippen MR) is 81.0 cm³/mol. The van der Waals surface area contributed by atoms with Gasteiger partial charge in [0.25, 0.3) is 0 Å². The molecule has 2 rings (SSSR count). The zero-order chi connectivity index (χ0) is 16.3. The largest absolute Gasteiger partial charge is 0.461 e. The van der Waals surface area contributed by atoms with Crippen LogP contribution in [0.25, 0.3) is 0 Å². The lowest BCUT2D eigenvalue weighted by molar-refractivity contribution is -0.156. The van der Waals surface area contributed by atoms with Gasteiger partial charge in [0.1, 0.15) is 12.1 Å². The molecule has 1 saturated carbocycles. The highest BCUT2D eigenvalue weighted by Gasteiger charge is 2.49. The maximum absolute atomic E-state index is 12.0. The van der Waals surface area contributed by atoms with Gasteiger partial charge >= 0.3 is 12.1 Å². The van der Waals surface area contributed by atoms with Gasteiger partial charge in [0.05, 0.1) is 13.2 Å². The van der Waals surface area contributed by atoms with E-state index in [1.165, 1.54) is 7.11 Å². The summed E-state index contributed by atoms with van der Waals surface area (Å²) in [6, 6.07) is -0.643. The molecule has 1 amide bonds. The number of esters is 1. The number of nitrogens with one attached hydrogen (secondary N) is 1. The predicted octanol–water partition coefficient (Wildman–Crippen LogP) is 1.15. The molecule has 5 atom stereocenters. The van der Waals surface area contributed by atoms with Gasteiger partial charge in [0, 0.05) is 12.0 Å². The molecule has 2 unspecified atom stereocenters. The zero-order valence-corrected chi connectivity index (χ0v) is 13.4. The van der Waals surface area contributed by atoms with Crippen molar-refractivity contribution in [2.24, 2.45) is 5.92 Å². The fourth-order valence-electron chi connectivity index (χ4n) is 3.49. The second-order valence-corrected chi connectivity index (χ2v) is 5.94. The highest BCUT2D eigenvalue weighted by atomic mass is 16.6. The number of carbonyl (C=O) groups excluding carboxylic acids is 2. The number of rotatable bonds is 3. The average Bonchev–Trinajstić information content (AvgIpc) is 2.92. The maximum Gasteiger partial charge on any atom is 0.410 e. The molecule has 0 spiro atoms. The Morgan fingerprint density at radius 1 is 1.41 bits per heavy atom. The second-order valence-electron chi connectivity index (χ2n) is 5.94. The van der Waals surface area contributed by atoms with Gasteiger partial charge in [0.15, 0.2) is 0 Å². The van der Waals surface area contributed by atoms with Crippen LogP contribution >= 0.6 is 0 Å². The zero-order valence-electron chi connectivity index (χ0n) is 13.4. The fourth-order valence-corrected chi connectivity index (χ4v) is 3.49. The lowest BCUT2D eigenvalue weighted by Crippen LogP contribution is -2.47. The van der Waals surface area contributed by atoms with Gasteiger partial charge < -0.3 is 14.8 Å². The van der Waals surface area contributed by atoms with Crippen molar-refractivity contribution in [3.63, 3.8) is 0 Å². The van der Waals surface area contributed by atoms with Crippen molar-refractivity contribution in [1.82, 2.24) is 10.2 Å². The summed E-state index contributed by atoms with van der Waals surface area (Å²) in [5, 5.41) is 2.88. The minimum absolute atomic E-state index is 0.00931. The molecule has 2 fully saturated rings. The summed E-state index contributed by atoms with van der Waals surface area (Å²) in [6.45, 7) is 1.77. The Labute approximate surface area is 131 Å². The first kappa shape index (κ1) is 16.6. The molecule has 1 N–H and O–H groups in total. The first-order chi connectivity index (χ1) is 10.5. The average molecular weight is 308 g/mol. The van der Waals surface area contributed by atoms with Crippen molar-refractivity contribution in [2.45, 2.75) is 56.8 Å². The van der Waals surface area contributed by atoms with Gasteiger partial charge in [-0.2, -0.15) is 0 Å². The highest BCUT2D eigenvalue weighted by molar-refractivity contribution is 5.75. The van der Waals surface area contributed by atoms with Crippen molar-refractivity contribution in [3.8, 4) is 12.3 Å². The van der Waals surface area contributed by atoms with E-state index in [0.29, 0.717) is 6.42 Å². The standard InChI is InChI=1S/C16H24N2O4/c1-5-11-9-12-13(18(11)16(20)21-4)7-6-8-14(12)22-15(19)10(2)17-3/h1,10-14,17H,6-9H2,2-4H3/t10?,11?,12-,13-,14+/m1/s1. The number of carbonyl (C=O) groups is 2. The first-order valence-electron chi connectivity index (χ1n) is 7.73. The van der Waals surface area contributed by atoms with Gasteiger partial charge in [-0.05, 0) is 39.7 Å². The number of methoxy groups -OCH3 is 1. The lowest BCUT2D eigenvalue weighted by atomic mass is 9.82. The molecule has 1 aliphatic carbocycles. The van der Waals surface area contributed by atoms with Gasteiger partial charge in [-0.1, -0.05) is 5.92 Å². The Morgan fingerprint density at radius 2 is 2.14 bits per heavy atom. The summed E-state index contributed by atoms with van der Waals surface area (Å²) in [4.78, 5) is 25.7. The van der Waals surface area contributed by atoms with Crippen LogP contribution in [0, 0.1) is 18.3 Å². The summed E-state index contributed by atoms with van der Waals surface area (Å²) in [6.07, 6.45) is 8.22. The third kappa shape index (κ3) is 3.05. The van der Waals surface area contributed by atoms with E-state index >= 15 is 0 Å². The Morgan fingerprint density at radius 3 is 2.73 bits per heavy atom. The number of hydrogen-bond acceptors (Lipinski definition) is 5. The van der Waals surface area contributed by atoms with E-state index in [2.05, 4.69) is 11.2 Å². The Balaban J connectivity index is 2.13. The molecule has 22 heavy (non-hydrogen) atoms. The molecule has 0 aromatic heterocycles. The van der Waals surface area contributed by atoms with Crippen LogP contribution in [0.4, 0.5) is 4.79 Å². The summed E-state index contributed by atoms with van der Waals surface area (Å²) in [5.41, 5.74) is 0. The van der Waals surface area contributed by atoms with E-state index in [-0.39, 0.29) is 36.1 Å². The second kappa shape index (κ2) is 7.01. The first-order valence-corrected chi connectivity index (χ1v) is 7.73. The number of likely N-dealkylation sites (tertiary alicyclic amines) is 1. The molecule has 1 heterocycles. The third-order valence-electron chi connectivity index (χ3n) is 4.78. The number of ether oxygens (including phenoxy) is 2. The van der Waals surface area contributed by atoms with E-state index in [4.69, 9.17) is 15.9 Å². The summed E-state index contributed by atoms with van der Waals surface area (Å²) in [7, 11) is 3.08. The van der Waals surface area contributed by atoms with E-state index in [0.717, 1.165) is 19.3 Å². The monoisotopic (exact) mass is 308 g/mol. The van der Waals surface area contributed by atoms with Gasteiger partial charge in [0.2, 0.25) is 0 Å². The fraction of sp³-hybridized carbons (Fsp3) is 0.750. The molecule has 0 bridgehead atoms. The minimum atomic E-state index is -0.397. The molecular formula is C16H24N2O4. The third-order valence-corrected chi connectivity index (χ3v) is 4.78. The van der Waals surface area contributed by atoms with Crippen LogP contribution in [0.2, 0.25) is 0 Å². The quantitative estimate of drug-likeness (QED) is 0.626. The number of fused-ring (bicyclic) bond motifs is 1. The van der Waals surface area contributed by atoms with Gasteiger partial charge in [-0.3, -0.25) is 9.69 Å². The number of likely N-dealkylation sites (N-methyl/N-ethyl adjacent to an activating group) is 1. The molecule has 1 aliphatic heterocycles. The van der Waals surface area contributed by atoms with Crippen molar-refractivity contribution in [3.05, 3.63) is 0 Å². The Hall–Kier alpha value is -1.74. The summed E-state index contributed by atoms with van der Waals surface area (Å²) < 4.78 is 10.5. The minimum Gasteiger partial charge on any atom is -0.461 e. The molecule has 1 saturated heterocycles. The highest BCUT2D eigenvalue weighted by Crippen LogP contribution is 2.41. The van der Waals surface area contributed by atoms with Crippen LogP contribution in [0.15, 0.2) is 0 Å². The molecule has 0 aromatic carbocycles. The van der Waals surface area contributed by atoms with Crippen molar-refractivity contribution in [2.75, 3.05) is 14.2 Å². The van der Waals surface area contributed by atoms with Crippen LogP contribution in [0.1, 0.15) is 32.6 Å². The number of nitrogens with zero attached hydrogens (tertiary/aromatic N) is 1. The lowest BCUT2D eigenvalue weighted by Gasteiger charge is -2.36. The SMILES string of the molecule is C#CC1C[C@H]2[C@@H](OC(=O)C(C)NC)CCC[C@H]2N1C(=O)OC. The van der Waals surface area contributed by atoms with E-state index in [9.17, 15) is 9.59 Å². The number of terminal acetylenes is 1. The molecule has 0 aromatic rings. The molecule has 0 radical (unpaired) electrons. The Kier molecular flexibility index (Phi) is 5.30. The van der Waals surface area contributed by atoms with Gasteiger partial charge in [-0.15, -0.1) is 6.42 Å². The molecule has 2 aliphatic rings. The van der Waals surface area contributed by atoms with Crippen LogP contribution in [-0.4, -0.2) is 55.3 Å². The van der Waals surface area contributed by atoms with Crippen LogP contribution in [-0.2, 0) is 14.3 Å². The number of hydrogen-bond donors (Lipinski definition) is 1. The van der Waals surface area contributed by atoms with E-state index in [1.807, 2.05) is 0 Å². The van der Waals surface area contributed by atoms with Crippen LogP contribution in [0.5, 0.6) is 0 Å². The van der Waals surface area contributed by atoms with Gasteiger partial charge in [-0.25, -0.2) is 4.79 Å². The van der Waals surface area contributed by atoms with Crippen molar-refractivity contribution < 1.29 is 19.1 Å². The number of amides is 1. The van der Waals surface area contributed by atoms with Crippen LogP contribution in [0.3, 0.4) is 0 Å². The molecular weight excluding hydrogens is 284 g/mol. The van der Waals surface area contributed by atoms with Crippen molar-refractivity contribution in [1.29, 1.82) is 0 Å². The summed E-state index contributed by atoms with van der Waals surface area (Å²) >= 11 is 0. The molecule has 6 nitrogen and oxygen atoms in total. The topological polar surface area (TPSA) is 67.9 Å². The maximum atomic E-state index is 12.0. The smallest absolute Gasteiger partial charge is 0.410 e. The molecule has 6 heteroatoms.